The smallest absolute Gasteiger partial charge is 0.305 e. The average molecular weight is 260 g/mol. The second kappa shape index (κ2) is 7.07. The first-order valence-electron chi connectivity index (χ1n) is 6.53. The maximum Gasteiger partial charge on any atom is 0.305 e. The van der Waals surface area contributed by atoms with Crippen LogP contribution in [0.1, 0.15) is 33.6 Å². The van der Waals surface area contributed by atoms with Gasteiger partial charge in [0.25, 0.3) is 0 Å². The van der Waals surface area contributed by atoms with Gasteiger partial charge in [0.2, 0.25) is 0 Å². The zero-order chi connectivity index (χ0) is 13.7. The summed E-state index contributed by atoms with van der Waals surface area (Å²) in [7, 11) is 1.50. The van der Waals surface area contributed by atoms with Gasteiger partial charge in [-0.15, -0.1) is 0 Å². The van der Waals surface area contributed by atoms with Crippen LogP contribution in [0.3, 0.4) is 0 Å². The summed E-state index contributed by atoms with van der Waals surface area (Å²) >= 11 is 0. The second-order valence-corrected chi connectivity index (χ2v) is 4.92. The highest BCUT2D eigenvalue weighted by Crippen LogP contribution is 2.31. The number of carbonyl (C=O) groups is 1. The Bertz CT molecular complexity index is 266. The molecule has 0 radical (unpaired) electrons. The van der Waals surface area contributed by atoms with Gasteiger partial charge in [0.15, 0.2) is 6.29 Å². The van der Waals surface area contributed by atoms with Crippen molar-refractivity contribution in [3.8, 4) is 0 Å². The van der Waals surface area contributed by atoms with Crippen LogP contribution in [0.15, 0.2) is 0 Å². The standard InChI is InChI=1S/C13H24O5/c1-5-6-11(14)17-7-10-8(2)9(3)12(15)13(16-4)18-10/h8-10,12-13,15H,5-7H2,1-4H3/t8-,9-,10?,12?,13+/m0/s1. The van der Waals surface area contributed by atoms with Crippen LogP contribution in [0.2, 0.25) is 0 Å². The molecule has 18 heavy (non-hydrogen) atoms. The first-order chi connectivity index (χ1) is 8.51. The molecule has 5 atom stereocenters. The highest BCUT2D eigenvalue weighted by molar-refractivity contribution is 5.69. The van der Waals surface area contributed by atoms with E-state index >= 15 is 0 Å². The Morgan fingerprint density at radius 3 is 2.56 bits per heavy atom. The number of ether oxygens (including phenoxy) is 3. The van der Waals surface area contributed by atoms with Crippen molar-refractivity contribution in [2.45, 2.75) is 52.1 Å². The summed E-state index contributed by atoms with van der Waals surface area (Å²) in [6.45, 7) is 6.08. The van der Waals surface area contributed by atoms with E-state index in [0.29, 0.717) is 6.42 Å². The summed E-state index contributed by atoms with van der Waals surface area (Å²) in [5.74, 6) is -0.0551. The summed E-state index contributed by atoms with van der Waals surface area (Å²) in [6.07, 6.45) is -0.323. The molecule has 0 spiro atoms. The van der Waals surface area contributed by atoms with E-state index in [1.807, 2.05) is 20.8 Å². The molecule has 0 aromatic carbocycles. The number of aliphatic hydroxyl groups excluding tert-OH is 1. The molecule has 5 nitrogen and oxygen atoms in total. The fraction of sp³-hybridized carbons (Fsp3) is 0.923. The van der Waals surface area contributed by atoms with E-state index in [-0.39, 0.29) is 30.5 Å². The van der Waals surface area contributed by atoms with E-state index in [2.05, 4.69) is 0 Å². The van der Waals surface area contributed by atoms with E-state index < -0.39 is 12.4 Å². The number of esters is 1. The van der Waals surface area contributed by atoms with Crippen molar-refractivity contribution in [3.63, 3.8) is 0 Å². The fourth-order valence-electron chi connectivity index (χ4n) is 2.11. The van der Waals surface area contributed by atoms with Crippen LogP contribution in [0.5, 0.6) is 0 Å². The van der Waals surface area contributed by atoms with Crippen LogP contribution < -0.4 is 0 Å². The third-order valence-electron chi connectivity index (χ3n) is 3.64. The van der Waals surface area contributed by atoms with E-state index in [9.17, 15) is 9.90 Å². The maximum absolute atomic E-state index is 11.3. The van der Waals surface area contributed by atoms with Crippen molar-refractivity contribution in [3.05, 3.63) is 0 Å². The zero-order valence-corrected chi connectivity index (χ0v) is 11.6. The van der Waals surface area contributed by atoms with E-state index in [1.54, 1.807) is 0 Å². The minimum atomic E-state index is -0.647. The molecule has 0 saturated carbocycles. The molecule has 0 bridgehead atoms. The average Bonchev–Trinajstić information content (AvgIpc) is 2.35. The van der Waals surface area contributed by atoms with Gasteiger partial charge in [0.05, 0.1) is 6.10 Å². The molecule has 106 valence electrons. The lowest BCUT2D eigenvalue weighted by atomic mass is 9.84. The number of hydrogen-bond acceptors (Lipinski definition) is 5. The topological polar surface area (TPSA) is 65.0 Å². The van der Waals surface area contributed by atoms with Crippen LogP contribution in [0.25, 0.3) is 0 Å². The lowest BCUT2D eigenvalue weighted by molar-refractivity contribution is -0.267. The molecule has 0 aliphatic carbocycles. The summed E-state index contributed by atoms with van der Waals surface area (Å²) in [6, 6.07) is 0. The van der Waals surface area contributed by atoms with Gasteiger partial charge in [0, 0.05) is 13.5 Å². The largest absolute Gasteiger partial charge is 0.463 e. The highest BCUT2D eigenvalue weighted by Gasteiger charge is 2.41. The Morgan fingerprint density at radius 2 is 2.00 bits per heavy atom. The third-order valence-corrected chi connectivity index (χ3v) is 3.64. The van der Waals surface area contributed by atoms with Crippen molar-refractivity contribution in [1.82, 2.24) is 0 Å². The quantitative estimate of drug-likeness (QED) is 0.756. The molecular weight excluding hydrogens is 236 g/mol. The minimum Gasteiger partial charge on any atom is -0.463 e. The lowest BCUT2D eigenvalue weighted by Gasteiger charge is -2.41. The highest BCUT2D eigenvalue weighted by atomic mass is 16.7. The molecule has 2 unspecified atom stereocenters. The van der Waals surface area contributed by atoms with Gasteiger partial charge in [-0.25, -0.2) is 0 Å². The molecule has 0 amide bonds. The van der Waals surface area contributed by atoms with E-state index in [0.717, 1.165) is 6.42 Å². The maximum atomic E-state index is 11.3. The van der Waals surface area contributed by atoms with Gasteiger partial charge in [-0.2, -0.15) is 0 Å². The van der Waals surface area contributed by atoms with Crippen LogP contribution in [-0.2, 0) is 19.0 Å². The number of hydrogen-bond donors (Lipinski definition) is 1. The number of carbonyl (C=O) groups excluding carboxylic acids is 1. The summed E-state index contributed by atoms with van der Waals surface area (Å²) in [5, 5.41) is 9.93. The Hall–Kier alpha value is -0.650. The Kier molecular flexibility index (Phi) is 6.05. The lowest BCUT2D eigenvalue weighted by Crippen LogP contribution is -2.51. The van der Waals surface area contributed by atoms with Crippen molar-refractivity contribution in [1.29, 1.82) is 0 Å². The second-order valence-electron chi connectivity index (χ2n) is 4.92. The van der Waals surface area contributed by atoms with Crippen molar-refractivity contribution in [2.75, 3.05) is 13.7 Å². The van der Waals surface area contributed by atoms with Crippen LogP contribution in [0.4, 0.5) is 0 Å². The Balaban J connectivity index is 2.51. The monoisotopic (exact) mass is 260 g/mol. The molecule has 5 heteroatoms. The Morgan fingerprint density at radius 1 is 1.33 bits per heavy atom. The fourth-order valence-corrected chi connectivity index (χ4v) is 2.11. The van der Waals surface area contributed by atoms with Gasteiger partial charge in [-0.3, -0.25) is 4.79 Å². The van der Waals surface area contributed by atoms with Crippen molar-refractivity contribution in [2.24, 2.45) is 11.8 Å². The predicted octanol–water partition coefficient (Wildman–Crippen LogP) is 1.33. The normalized spacial score (nSPS) is 36.4. The zero-order valence-electron chi connectivity index (χ0n) is 11.6. The molecule has 0 aromatic heterocycles. The van der Waals surface area contributed by atoms with Gasteiger partial charge >= 0.3 is 5.97 Å². The summed E-state index contributed by atoms with van der Waals surface area (Å²) in [5.41, 5.74) is 0. The number of aliphatic hydroxyl groups is 1. The third kappa shape index (κ3) is 3.67. The Labute approximate surface area is 108 Å². The molecule has 1 aliphatic rings. The van der Waals surface area contributed by atoms with Gasteiger partial charge in [-0.1, -0.05) is 20.8 Å². The molecule has 1 N–H and O–H groups in total. The van der Waals surface area contributed by atoms with E-state index in [4.69, 9.17) is 14.2 Å². The van der Waals surface area contributed by atoms with Crippen molar-refractivity contribution >= 4 is 5.97 Å². The molecule has 1 saturated heterocycles. The van der Waals surface area contributed by atoms with Crippen LogP contribution in [-0.4, -0.2) is 43.3 Å². The van der Waals surface area contributed by atoms with Crippen molar-refractivity contribution < 1.29 is 24.1 Å². The number of rotatable bonds is 5. The van der Waals surface area contributed by atoms with Crippen LogP contribution in [0, 0.1) is 11.8 Å². The summed E-state index contributed by atoms with van der Waals surface area (Å²) < 4.78 is 15.9. The minimum absolute atomic E-state index is 0.0403. The molecule has 0 aromatic rings. The molecule has 1 aliphatic heterocycles. The van der Waals surface area contributed by atoms with Gasteiger partial charge in [-0.05, 0) is 18.3 Å². The molecular formula is C13H24O5. The predicted molar refractivity (Wildman–Crippen MR) is 65.9 cm³/mol. The van der Waals surface area contributed by atoms with Gasteiger partial charge in [0.1, 0.15) is 12.7 Å². The van der Waals surface area contributed by atoms with Crippen LogP contribution >= 0.6 is 0 Å². The molecule has 1 rings (SSSR count). The van der Waals surface area contributed by atoms with Gasteiger partial charge < -0.3 is 19.3 Å². The number of methoxy groups -OCH3 is 1. The molecule has 1 fully saturated rings. The first kappa shape index (κ1) is 15.4. The first-order valence-corrected chi connectivity index (χ1v) is 6.53. The molecule has 1 heterocycles. The van der Waals surface area contributed by atoms with E-state index in [1.165, 1.54) is 7.11 Å². The SMILES string of the molecule is CCCC(=O)OCC1O[C@@H](OC)C(O)[C@@H](C)[C@@H]1C. The summed E-state index contributed by atoms with van der Waals surface area (Å²) in [4.78, 5) is 11.3.